The molecule has 0 radical (unpaired) electrons. The molecule has 5 rings (SSSR count). The number of hydrogen-bond donors (Lipinski definition) is 4. The summed E-state index contributed by atoms with van der Waals surface area (Å²) >= 11 is 0. The maximum absolute atomic E-state index is 12.2. The second-order valence-electron chi connectivity index (χ2n) is 11.5. The summed E-state index contributed by atoms with van der Waals surface area (Å²) in [5.74, 6) is -1.78. The summed E-state index contributed by atoms with van der Waals surface area (Å²) in [6, 6.07) is 0. The predicted molar refractivity (Wildman–Crippen MR) is 102 cm³/mol. The summed E-state index contributed by atoms with van der Waals surface area (Å²) in [6.45, 7) is 8.62. The van der Waals surface area contributed by atoms with Crippen LogP contribution < -0.4 is 0 Å². The highest BCUT2D eigenvalue weighted by Crippen LogP contribution is 2.73. The Morgan fingerprint density at radius 1 is 1.10 bits per heavy atom. The Kier molecular flexibility index (Phi) is 3.73. The van der Waals surface area contributed by atoms with Gasteiger partial charge in [-0.3, -0.25) is 4.79 Å². The standard InChI is InChI=1S/C22H34O7/c1-10(23)28-13-8-21-9-19(4,25)11(16(21)24)6-7-12(21)20(5,26)15-14-17(29-14)18(2,3)22(13,15)27/h11-17,24-27H,6-9H2,1-5H3/t11-,12+,13-,14+,15+,16-,17+,19-,20-,21+,22-/m1/s1. The van der Waals surface area contributed by atoms with Gasteiger partial charge in [-0.1, -0.05) is 13.8 Å². The Morgan fingerprint density at radius 2 is 1.76 bits per heavy atom. The number of esters is 1. The summed E-state index contributed by atoms with van der Waals surface area (Å²) in [5.41, 5.74) is -5.48. The van der Waals surface area contributed by atoms with E-state index in [9.17, 15) is 25.2 Å². The molecule has 1 heterocycles. The third-order valence-corrected chi connectivity index (χ3v) is 9.69. The first-order valence-electron chi connectivity index (χ1n) is 10.9. The average molecular weight is 411 g/mol. The van der Waals surface area contributed by atoms with Crippen molar-refractivity contribution in [1.29, 1.82) is 0 Å². The Balaban J connectivity index is 1.71. The summed E-state index contributed by atoms with van der Waals surface area (Å²) < 4.78 is 11.6. The van der Waals surface area contributed by atoms with E-state index in [1.165, 1.54) is 6.92 Å². The van der Waals surface area contributed by atoms with Crippen molar-refractivity contribution in [2.75, 3.05) is 0 Å². The quantitative estimate of drug-likeness (QED) is 0.372. The van der Waals surface area contributed by atoms with Crippen LogP contribution >= 0.6 is 0 Å². The van der Waals surface area contributed by atoms with E-state index in [0.717, 1.165) is 0 Å². The number of hydrogen-bond acceptors (Lipinski definition) is 7. The number of ether oxygens (including phenoxy) is 2. The fourth-order valence-corrected chi connectivity index (χ4v) is 8.56. The average Bonchev–Trinajstić information content (AvgIpc) is 3.29. The lowest BCUT2D eigenvalue weighted by Gasteiger charge is -2.51. The molecule has 0 aromatic carbocycles. The van der Waals surface area contributed by atoms with Crippen LogP contribution in [0, 0.1) is 28.6 Å². The number of aliphatic hydroxyl groups excluding tert-OH is 1. The number of carbonyl (C=O) groups excluding carboxylic acids is 1. The van der Waals surface area contributed by atoms with E-state index < -0.39 is 51.7 Å². The van der Waals surface area contributed by atoms with Crippen LogP contribution in [0.25, 0.3) is 0 Å². The molecule has 164 valence electrons. The van der Waals surface area contributed by atoms with Crippen LogP contribution in [0.2, 0.25) is 0 Å². The van der Waals surface area contributed by atoms with Crippen LogP contribution in [0.3, 0.4) is 0 Å². The molecule has 7 heteroatoms. The maximum atomic E-state index is 12.2. The SMILES string of the molecule is CC(=O)O[C@@H]1C[C@]23C[C@@](C)(O)[C@H](CC[C@H]2[C@@](C)(O)[C@@H]2[C@@H]4O[C@@H]4C(C)(C)[C@@]12O)[C@H]3O. The molecule has 0 aromatic rings. The van der Waals surface area contributed by atoms with Gasteiger partial charge in [-0.15, -0.1) is 0 Å². The minimum Gasteiger partial charge on any atom is -0.459 e. The van der Waals surface area contributed by atoms with E-state index in [-0.39, 0.29) is 30.5 Å². The van der Waals surface area contributed by atoms with Gasteiger partial charge in [0.15, 0.2) is 0 Å². The van der Waals surface area contributed by atoms with E-state index in [0.29, 0.717) is 19.3 Å². The predicted octanol–water partition coefficient (Wildman–Crippen LogP) is 0.755. The van der Waals surface area contributed by atoms with E-state index in [1.807, 2.05) is 13.8 Å². The molecular weight excluding hydrogens is 376 g/mol. The van der Waals surface area contributed by atoms with E-state index in [2.05, 4.69) is 0 Å². The van der Waals surface area contributed by atoms with Crippen LogP contribution in [-0.4, -0.2) is 67.6 Å². The van der Waals surface area contributed by atoms with Crippen molar-refractivity contribution >= 4 is 5.97 Å². The molecule has 2 bridgehead atoms. The van der Waals surface area contributed by atoms with Crippen LogP contribution in [0.5, 0.6) is 0 Å². The summed E-state index contributed by atoms with van der Waals surface area (Å²) in [7, 11) is 0. The lowest BCUT2D eigenvalue weighted by molar-refractivity contribution is -0.230. The zero-order valence-electron chi connectivity index (χ0n) is 17.9. The highest BCUT2D eigenvalue weighted by molar-refractivity contribution is 5.66. The molecule has 5 fully saturated rings. The zero-order chi connectivity index (χ0) is 21.4. The van der Waals surface area contributed by atoms with Crippen molar-refractivity contribution in [3.05, 3.63) is 0 Å². The normalized spacial score (nSPS) is 61.9. The van der Waals surface area contributed by atoms with Crippen molar-refractivity contribution in [2.45, 2.75) is 102 Å². The molecule has 7 nitrogen and oxygen atoms in total. The number of carbonyl (C=O) groups is 1. The smallest absolute Gasteiger partial charge is 0.303 e. The monoisotopic (exact) mass is 410 g/mol. The molecule has 0 amide bonds. The molecule has 1 spiro atoms. The highest BCUT2D eigenvalue weighted by Gasteiger charge is 2.83. The Labute approximate surface area is 171 Å². The highest BCUT2D eigenvalue weighted by atomic mass is 16.6. The molecule has 1 saturated heterocycles. The van der Waals surface area contributed by atoms with E-state index in [1.54, 1.807) is 13.8 Å². The molecule has 4 saturated carbocycles. The molecule has 29 heavy (non-hydrogen) atoms. The second kappa shape index (κ2) is 5.36. The number of rotatable bonds is 1. The first kappa shape index (κ1) is 20.2. The van der Waals surface area contributed by atoms with Gasteiger partial charge >= 0.3 is 5.97 Å². The van der Waals surface area contributed by atoms with Crippen LogP contribution in [0.15, 0.2) is 0 Å². The van der Waals surface area contributed by atoms with Gasteiger partial charge in [0.05, 0.1) is 29.5 Å². The van der Waals surface area contributed by atoms with Crippen molar-refractivity contribution < 1.29 is 34.7 Å². The minimum absolute atomic E-state index is 0.205. The second-order valence-corrected chi connectivity index (χ2v) is 11.5. The van der Waals surface area contributed by atoms with Crippen LogP contribution in [0.4, 0.5) is 0 Å². The van der Waals surface area contributed by atoms with Gasteiger partial charge in [0, 0.05) is 29.6 Å². The fourth-order valence-electron chi connectivity index (χ4n) is 8.56. The molecule has 11 atom stereocenters. The summed E-state index contributed by atoms with van der Waals surface area (Å²) in [4.78, 5) is 12.1. The van der Waals surface area contributed by atoms with Crippen LogP contribution in [0.1, 0.15) is 60.3 Å². The largest absolute Gasteiger partial charge is 0.459 e. The van der Waals surface area contributed by atoms with Crippen molar-refractivity contribution in [1.82, 2.24) is 0 Å². The molecule has 0 aromatic heterocycles. The number of fused-ring (bicyclic) bond motifs is 4. The fraction of sp³-hybridized carbons (Fsp3) is 0.955. The van der Waals surface area contributed by atoms with E-state index in [4.69, 9.17) is 9.47 Å². The van der Waals surface area contributed by atoms with Gasteiger partial charge in [-0.05, 0) is 45.4 Å². The van der Waals surface area contributed by atoms with Crippen molar-refractivity contribution in [3.8, 4) is 0 Å². The van der Waals surface area contributed by atoms with Gasteiger partial charge in [0.2, 0.25) is 0 Å². The molecular formula is C22H34O7. The summed E-state index contributed by atoms with van der Waals surface area (Å²) in [5, 5.41) is 46.6. The van der Waals surface area contributed by atoms with Crippen molar-refractivity contribution in [3.63, 3.8) is 0 Å². The van der Waals surface area contributed by atoms with Gasteiger partial charge in [-0.25, -0.2) is 0 Å². The molecule has 1 aliphatic heterocycles. The summed E-state index contributed by atoms with van der Waals surface area (Å²) in [6.07, 6.45) is -0.461. The zero-order valence-corrected chi connectivity index (χ0v) is 17.9. The van der Waals surface area contributed by atoms with Gasteiger partial charge in [-0.2, -0.15) is 0 Å². The lowest BCUT2D eigenvalue weighted by atomic mass is 9.57. The Morgan fingerprint density at radius 3 is 2.38 bits per heavy atom. The topological polar surface area (TPSA) is 120 Å². The third-order valence-electron chi connectivity index (χ3n) is 9.69. The molecule has 0 unspecified atom stereocenters. The van der Waals surface area contributed by atoms with Gasteiger partial charge in [0.1, 0.15) is 11.7 Å². The number of epoxide rings is 1. The van der Waals surface area contributed by atoms with Crippen molar-refractivity contribution in [2.24, 2.45) is 28.6 Å². The Hall–Kier alpha value is -0.730. The Bertz CT molecular complexity index is 760. The molecule has 5 aliphatic rings. The van der Waals surface area contributed by atoms with Gasteiger partial charge in [0.25, 0.3) is 0 Å². The third kappa shape index (κ3) is 2.14. The molecule has 4 N–H and O–H groups in total. The molecule has 4 aliphatic carbocycles. The lowest BCUT2D eigenvalue weighted by Crippen LogP contribution is -2.63. The van der Waals surface area contributed by atoms with Gasteiger partial charge < -0.3 is 29.9 Å². The van der Waals surface area contributed by atoms with E-state index >= 15 is 0 Å². The first-order valence-corrected chi connectivity index (χ1v) is 10.9. The number of aliphatic hydroxyl groups is 4. The maximum Gasteiger partial charge on any atom is 0.303 e. The first-order chi connectivity index (χ1) is 13.2. The van der Waals surface area contributed by atoms with Crippen LogP contribution in [-0.2, 0) is 14.3 Å². The minimum atomic E-state index is -1.49.